The minimum absolute atomic E-state index is 0.00556. The molecule has 1 N–H and O–H groups in total. The van der Waals surface area contributed by atoms with Crippen molar-refractivity contribution in [3.8, 4) is 5.75 Å². The Kier molecular flexibility index (Phi) is 6.06. The minimum atomic E-state index is -0.656. The lowest BCUT2D eigenvalue weighted by atomic mass is 10.1. The molecule has 10 heteroatoms. The number of ether oxygens (including phenoxy) is 2. The van der Waals surface area contributed by atoms with E-state index >= 15 is 0 Å². The smallest absolute Gasteiger partial charge is 0.360 e. The van der Waals surface area contributed by atoms with Crippen LogP contribution in [0.2, 0.25) is 0 Å². The van der Waals surface area contributed by atoms with Crippen molar-refractivity contribution < 1.29 is 24.0 Å². The van der Waals surface area contributed by atoms with Gasteiger partial charge in [0.1, 0.15) is 12.4 Å². The molecule has 0 spiro atoms. The van der Waals surface area contributed by atoms with Crippen molar-refractivity contribution in [1.82, 2.24) is 9.78 Å². The molecule has 0 fully saturated rings. The second-order valence-corrected chi connectivity index (χ2v) is 6.25. The Labute approximate surface area is 171 Å². The highest BCUT2D eigenvalue weighted by molar-refractivity contribution is 6.07. The SMILES string of the molecule is COC(=O)c1nn(C)cc1NC(=O)c1cccc(COc2ccc([N+](=O)[O-])cc2)c1. The predicted octanol–water partition coefficient (Wildman–Crippen LogP) is 2.95. The van der Waals surface area contributed by atoms with Gasteiger partial charge in [0.2, 0.25) is 0 Å². The van der Waals surface area contributed by atoms with Crippen molar-refractivity contribution in [2.45, 2.75) is 6.61 Å². The lowest BCUT2D eigenvalue weighted by molar-refractivity contribution is -0.384. The van der Waals surface area contributed by atoms with Gasteiger partial charge in [0.05, 0.1) is 17.7 Å². The number of hydrogen-bond donors (Lipinski definition) is 1. The van der Waals surface area contributed by atoms with Gasteiger partial charge in [-0.15, -0.1) is 0 Å². The van der Waals surface area contributed by atoms with E-state index in [2.05, 4.69) is 15.2 Å². The molecular formula is C20H18N4O6. The highest BCUT2D eigenvalue weighted by atomic mass is 16.6. The Bertz CT molecular complexity index is 1090. The number of aromatic nitrogens is 2. The molecule has 0 radical (unpaired) electrons. The fourth-order valence-electron chi connectivity index (χ4n) is 2.65. The quantitative estimate of drug-likeness (QED) is 0.360. The van der Waals surface area contributed by atoms with Gasteiger partial charge in [-0.05, 0) is 29.8 Å². The van der Waals surface area contributed by atoms with E-state index in [-0.39, 0.29) is 23.7 Å². The maximum Gasteiger partial charge on any atom is 0.360 e. The third kappa shape index (κ3) is 4.79. The third-order valence-electron chi connectivity index (χ3n) is 4.10. The van der Waals surface area contributed by atoms with E-state index in [0.717, 1.165) is 5.56 Å². The van der Waals surface area contributed by atoms with Gasteiger partial charge in [-0.25, -0.2) is 4.79 Å². The maximum absolute atomic E-state index is 12.6. The zero-order valence-electron chi connectivity index (χ0n) is 16.2. The number of aryl methyl sites for hydroxylation is 1. The van der Waals surface area contributed by atoms with E-state index in [9.17, 15) is 19.7 Å². The van der Waals surface area contributed by atoms with Crippen LogP contribution in [0, 0.1) is 10.1 Å². The van der Waals surface area contributed by atoms with Gasteiger partial charge in [-0.3, -0.25) is 19.6 Å². The average molecular weight is 410 g/mol. The number of esters is 1. The van der Waals surface area contributed by atoms with Gasteiger partial charge in [0.15, 0.2) is 5.69 Å². The molecule has 3 rings (SSSR count). The molecule has 1 heterocycles. The number of carbonyl (C=O) groups excluding carboxylic acids is 2. The summed E-state index contributed by atoms with van der Waals surface area (Å²) in [6.07, 6.45) is 1.51. The largest absolute Gasteiger partial charge is 0.489 e. The molecule has 30 heavy (non-hydrogen) atoms. The van der Waals surface area contributed by atoms with E-state index in [1.165, 1.54) is 42.3 Å². The summed E-state index contributed by atoms with van der Waals surface area (Å²) in [6.45, 7) is 0.166. The molecule has 10 nitrogen and oxygen atoms in total. The Morgan fingerprint density at radius 3 is 2.60 bits per heavy atom. The summed E-state index contributed by atoms with van der Waals surface area (Å²) in [5.41, 5.74) is 1.30. The maximum atomic E-state index is 12.6. The van der Waals surface area contributed by atoms with Crippen LogP contribution in [0.4, 0.5) is 11.4 Å². The van der Waals surface area contributed by atoms with E-state index in [0.29, 0.717) is 11.3 Å². The Hall–Kier alpha value is -4.21. The van der Waals surface area contributed by atoms with Crippen molar-refractivity contribution in [3.05, 3.63) is 81.7 Å². The number of carbonyl (C=O) groups is 2. The Morgan fingerprint density at radius 1 is 1.20 bits per heavy atom. The highest BCUT2D eigenvalue weighted by Crippen LogP contribution is 2.19. The number of non-ortho nitro benzene ring substituents is 1. The number of rotatable bonds is 7. The average Bonchev–Trinajstić information content (AvgIpc) is 3.12. The number of nitro benzene ring substituents is 1. The van der Waals surface area contributed by atoms with Crippen molar-refractivity contribution >= 4 is 23.3 Å². The first kappa shape index (κ1) is 20.5. The van der Waals surface area contributed by atoms with Crippen LogP contribution in [-0.4, -0.2) is 33.7 Å². The summed E-state index contributed by atoms with van der Waals surface area (Å²) < 4.78 is 11.7. The number of nitrogens with zero attached hydrogens (tertiary/aromatic N) is 3. The molecule has 0 aliphatic rings. The Morgan fingerprint density at radius 2 is 1.93 bits per heavy atom. The summed E-state index contributed by atoms with van der Waals surface area (Å²) in [6, 6.07) is 12.5. The first-order valence-corrected chi connectivity index (χ1v) is 8.77. The van der Waals surface area contributed by atoms with Crippen LogP contribution in [-0.2, 0) is 18.4 Å². The molecule has 0 bridgehead atoms. The van der Waals surface area contributed by atoms with E-state index in [4.69, 9.17) is 4.74 Å². The van der Waals surface area contributed by atoms with Gasteiger partial charge in [0, 0.05) is 30.9 Å². The van der Waals surface area contributed by atoms with Crippen molar-refractivity contribution in [3.63, 3.8) is 0 Å². The van der Waals surface area contributed by atoms with E-state index < -0.39 is 16.8 Å². The number of methoxy groups -OCH3 is 1. The molecule has 0 saturated heterocycles. The monoisotopic (exact) mass is 410 g/mol. The van der Waals surface area contributed by atoms with Crippen LogP contribution in [0.15, 0.2) is 54.7 Å². The zero-order valence-corrected chi connectivity index (χ0v) is 16.2. The van der Waals surface area contributed by atoms with Gasteiger partial charge >= 0.3 is 5.97 Å². The Balaban J connectivity index is 1.68. The highest BCUT2D eigenvalue weighted by Gasteiger charge is 2.19. The normalized spacial score (nSPS) is 10.3. The summed E-state index contributed by atoms with van der Waals surface area (Å²) in [5, 5.41) is 17.3. The topological polar surface area (TPSA) is 126 Å². The molecular weight excluding hydrogens is 392 g/mol. The molecule has 3 aromatic rings. The number of benzene rings is 2. The molecule has 1 amide bonds. The number of nitrogens with one attached hydrogen (secondary N) is 1. The first-order valence-electron chi connectivity index (χ1n) is 8.77. The van der Waals surface area contributed by atoms with Crippen LogP contribution >= 0.6 is 0 Å². The molecule has 1 aromatic heterocycles. The van der Waals surface area contributed by atoms with E-state index in [1.807, 2.05) is 0 Å². The van der Waals surface area contributed by atoms with Gasteiger partial charge in [0.25, 0.3) is 11.6 Å². The number of nitro groups is 1. The molecule has 0 unspecified atom stereocenters. The summed E-state index contributed by atoms with van der Waals surface area (Å²) in [5.74, 6) is -0.616. The summed E-state index contributed by atoms with van der Waals surface area (Å²) in [7, 11) is 2.86. The zero-order chi connectivity index (χ0) is 21.7. The number of hydrogen-bond acceptors (Lipinski definition) is 7. The summed E-state index contributed by atoms with van der Waals surface area (Å²) >= 11 is 0. The van der Waals surface area contributed by atoms with Crippen LogP contribution in [0.5, 0.6) is 5.75 Å². The van der Waals surface area contributed by atoms with Crippen LogP contribution in [0.1, 0.15) is 26.4 Å². The predicted molar refractivity (Wildman–Crippen MR) is 106 cm³/mol. The lowest BCUT2D eigenvalue weighted by Crippen LogP contribution is -2.15. The summed E-state index contributed by atoms with van der Waals surface area (Å²) in [4.78, 5) is 34.6. The second kappa shape index (κ2) is 8.86. The standard InChI is InChI=1S/C20H18N4O6/c1-23-11-17(18(22-23)20(26)29-2)21-19(25)14-5-3-4-13(10-14)12-30-16-8-6-15(7-9-16)24(27)28/h3-11H,12H2,1-2H3,(H,21,25). The van der Waals surface area contributed by atoms with Crippen LogP contribution in [0.3, 0.4) is 0 Å². The molecule has 0 aliphatic heterocycles. The van der Waals surface area contributed by atoms with E-state index in [1.54, 1.807) is 31.3 Å². The number of amides is 1. The molecule has 0 atom stereocenters. The van der Waals surface area contributed by atoms with Crippen molar-refractivity contribution in [1.29, 1.82) is 0 Å². The van der Waals surface area contributed by atoms with Gasteiger partial charge in [-0.2, -0.15) is 5.10 Å². The van der Waals surface area contributed by atoms with Gasteiger partial charge in [-0.1, -0.05) is 12.1 Å². The minimum Gasteiger partial charge on any atom is -0.489 e. The second-order valence-electron chi connectivity index (χ2n) is 6.25. The first-order chi connectivity index (χ1) is 14.4. The molecule has 154 valence electrons. The molecule has 0 aliphatic carbocycles. The fourth-order valence-corrected chi connectivity index (χ4v) is 2.65. The molecule has 0 saturated carbocycles. The third-order valence-corrected chi connectivity index (χ3v) is 4.10. The van der Waals surface area contributed by atoms with Crippen molar-refractivity contribution in [2.75, 3.05) is 12.4 Å². The lowest BCUT2D eigenvalue weighted by Gasteiger charge is -2.08. The van der Waals surface area contributed by atoms with Gasteiger partial charge < -0.3 is 14.8 Å². The van der Waals surface area contributed by atoms with Crippen molar-refractivity contribution in [2.24, 2.45) is 7.05 Å². The van der Waals surface area contributed by atoms with Crippen LogP contribution < -0.4 is 10.1 Å². The number of anilines is 1. The molecule has 2 aromatic carbocycles. The van der Waals surface area contributed by atoms with Crippen LogP contribution in [0.25, 0.3) is 0 Å². The fraction of sp³-hybridized carbons (Fsp3) is 0.150.